The van der Waals surface area contributed by atoms with E-state index in [1.165, 1.54) is 36.2 Å². The van der Waals surface area contributed by atoms with Gasteiger partial charge in [-0.15, -0.1) is 0 Å². The number of amides is 1. The number of pyridine rings is 1. The summed E-state index contributed by atoms with van der Waals surface area (Å²) < 4.78 is 52.7. The highest BCUT2D eigenvalue weighted by atomic mass is 19.4. The Kier molecular flexibility index (Phi) is 8.28. The molecule has 1 amide bonds. The van der Waals surface area contributed by atoms with Crippen LogP contribution in [0.4, 0.5) is 17.6 Å². The fraction of sp³-hybridized carbons (Fsp3) is 0.233. The Labute approximate surface area is 222 Å². The molecule has 4 rings (SSSR count). The van der Waals surface area contributed by atoms with E-state index < -0.39 is 17.7 Å². The van der Waals surface area contributed by atoms with Crippen LogP contribution in [0.25, 0.3) is 22.2 Å². The average molecular weight is 539 g/mol. The summed E-state index contributed by atoms with van der Waals surface area (Å²) in [6.07, 6.45) is -2.80. The second-order valence-corrected chi connectivity index (χ2v) is 9.37. The monoisotopic (exact) mass is 538 g/mol. The summed E-state index contributed by atoms with van der Waals surface area (Å²) in [6, 6.07) is 17.7. The number of aliphatic carboxylic acids is 1. The van der Waals surface area contributed by atoms with Gasteiger partial charge in [-0.2, -0.15) is 13.2 Å². The number of carbonyl (C=O) groups is 2. The van der Waals surface area contributed by atoms with Gasteiger partial charge in [0.2, 0.25) is 0 Å². The molecule has 4 aromatic rings. The largest absolute Gasteiger partial charge is 0.481 e. The van der Waals surface area contributed by atoms with Crippen LogP contribution in [-0.4, -0.2) is 33.9 Å². The van der Waals surface area contributed by atoms with Crippen LogP contribution in [0.2, 0.25) is 0 Å². The summed E-state index contributed by atoms with van der Waals surface area (Å²) in [5.41, 5.74) is 2.75. The number of alkyl halides is 3. The Balaban J connectivity index is 1.62. The van der Waals surface area contributed by atoms with E-state index in [0.29, 0.717) is 52.5 Å². The van der Waals surface area contributed by atoms with Gasteiger partial charge in [0.25, 0.3) is 5.91 Å². The number of fused-ring (bicyclic) bond motifs is 1. The first kappa shape index (κ1) is 27.8. The van der Waals surface area contributed by atoms with Crippen LogP contribution in [-0.2, 0) is 23.9 Å². The molecule has 5 nitrogen and oxygen atoms in total. The lowest BCUT2D eigenvalue weighted by Gasteiger charge is -2.19. The lowest BCUT2D eigenvalue weighted by Crippen LogP contribution is -2.26. The van der Waals surface area contributed by atoms with Crippen LogP contribution in [0, 0.1) is 5.82 Å². The normalized spacial score (nSPS) is 11.5. The number of carboxylic acids is 1. The maximum atomic E-state index is 13.5. The van der Waals surface area contributed by atoms with E-state index in [2.05, 4.69) is 0 Å². The molecule has 0 aliphatic rings. The SMILES string of the molecule is CN(Cc1cccc(C(F)(F)F)c1)C(=O)c1ccc2nc(-c3ccc(F)cc3)c(CCCCC(=O)O)cc2c1. The molecule has 0 radical (unpaired) electrons. The van der Waals surface area contributed by atoms with Crippen molar-refractivity contribution in [3.05, 3.63) is 101 Å². The second kappa shape index (κ2) is 11.6. The molecular formula is C30H26F4N2O3. The van der Waals surface area contributed by atoms with Crippen molar-refractivity contribution in [3.63, 3.8) is 0 Å². The van der Waals surface area contributed by atoms with E-state index >= 15 is 0 Å². The summed E-state index contributed by atoms with van der Waals surface area (Å²) >= 11 is 0. The molecule has 0 bridgehead atoms. The van der Waals surface area contributed by atoms with E-state index in [4.69, 9.17) is 10.1 Å². The number of carboxylic acid groups (broad SMARTS) is 1. The molecule has 0 saturated carbocycles. The highest BCUT2D eigenvalue weighted by molar-refractivity contribution is 5.98. The molecule has 1 heterocycles. The first-order valence-electron chi connectivity index (χ1n) is 12.3. The number of unbranched alkanes of at least 4 members (excludes halogenated alkanes) is 1. The van der Waals surface area contributed by atoms with Gasteiger partial charge in [0.1, 0.15) is 5.82 Å². The van der Waals surface area contributed by atoms with Crippen molar-refractivity contribution in [3.8, 4) is 11.3 Å². The highest BCUT2D eigenvalue weighted by Crippen LogP contribution is 2.30. The van der Waals surface area contributed by atoms with Crippen LogP contribution >= 0.6 is 0 Å². The molecule has 0 aliphatic carbocycles. The Bertz CT molecular complexity index is 1500. The van der Waals surface area contributed by atoms with Gasteiger partial charge in [0, 0.05) is 36.5 Å². The first-order chi connectivity index (χ1) is 18.5. The van der Waals surface area contributed by atoms with Crippen molar-refractivity contribution >= 4 is 22.8 Å². The average Bonchev–Trinajstić information content (AvgIpc) is 2.90. The fourth-order valence-corrected chi connectivity index (χ4v) is 4.41. The van der Waals surface area contributed by atoms with Gasteiger partial charge in [0.15, 0.2) is 0 Å². The molecule has 1 aromatic heterocycles. The molecule has 0 aliphatic heterocycles. The second-order valence-electron chi connectivity index (χ2n) is 9.37. The highest BCUT2D eigenvalue weighted by Gasteiger charge is 2.30. The van der Waals surface area contributed by atoms with Crippen molar-refractivity contribution in [2.45, 2.75) is 38.4 Å². The standard InChI is InChI=1S/C30H26F4N2O3/c1-36(18-19-5-4-7-24(15-19)30(32,33)34)29(39)22-11-14-26-23(17-22)16-21(6-2-3-8-27(37)38)28(35-26)20-9-12-25(31)13-10-20/h4-5,7,9-17H,2-3,6,8,18H2,1H3,(H,37,38). The molecule has 39 heavy (non-hydrogen) atoms. The van der Waals surface area contributed by atoms with E-state index in [1.807, 2.05) is 6.07 Å². The molecule has 0 atom stereocenters. The van der Waals surface area contributed by atoms with Crippen LogP contribution in [0.15, 0.2) is 72.8 Å². The number of nitrogens with zero attached hydrogens (tertiary/aromatic N) is 2. The first-order valence-corrected chi connectivity index (χ1v) is 12.3. The summed E-state index contributed by atoms with van der Waals surface area (Å²) in [6.45, 7) is -0.00261. The van der Waals surface area contributed by atoms with Gasteiger partial charge in [-0.3, -0.25) is 9.59 Å². The van der Waals surface area contributed by atoms with Crippen LogP contribution in [0.3, 0.4) is 0 Å². The molecule has 0 saturated heterocycles. The molecular weight excluding hydrogens is 512 g/mol. The quantitative estimate of drug-likeness (QED) is 0.182. The van der Waals surface area contributed by atoms with E-state index in [-0.39, 0.29) is 24.7 Å². The number of hydrogen-bond donors (Lipinski definition) is 1. The molecule has 3 aromatic carbocycles. The predicted octanol–water partition coefficient (Wildman–Crippen LogP) is 7.13. The number of rotatable bonds is 9. The zero-order chi connectivity index (χ0) is 28.2. The van der Waals surface area contributed by atoms with Crippen LogP contribution in [0.1, 0.15) is 46.3 Å². The summed E-state index contributed by atoms with van der Waals surface area (Å²) in [5, 5.41) is 9.63. The van der Waals surface area contributed by atoms with E-state index in [0.717, 1.165) is 17.7 Å². The lowest BCUT2D eigenvalue weighted by atomic mass is 9.98. The lowest BCUT2D eigenvalue weighted by molar-refractivity contribution is -0.138. The third kappa shape index (κ3) is 6.98. The van der Waals surface area contributed by atoms with Gasteiger partial charge in [-0.05, 0) is 91.1 Å². The number of benzene rings is 3. The number of aromatic nitrogens is 1. The number of hydrogen-bond acceptors (Lipinski definition) is 3. The summed E-state index contributed by atoms with van der Waals surface area (Å²) in [5.74, 6) is -1.61. The van der Waals surface area contributed by atoms with Gasteiger partial charge in [0.05, 0.1) is 16.8 Å². The smallest absolute Gasteiger partial charge is 0.416 e. The molecule has 0 spiro atoms. The van der Waals surface area contributed by atoms with Crippen molar-refractivity contribution < 1.29 is 32.3 Å². The van der Waals surface area contributed by atoms with E-state index in [1.54, 1.807) is 30.3 Å². The fourth-order valence-electron chi connectivity index (χ4n) is 4.41. The third-order valence-corrected chi connectivity index (χ3v) is 6.37. The van der Waals surface area contributed by atoms with Crippen molar-refractivity contribution in [1.29, 1.82) is 0 Å². The Morgan fingerprint density at radius 2 is 1.69 bits per heavy atom. The van der Waals surface area contributed by atoms with E-state index in [9.17, 15) is 27.2 Å². The van der Waals surface area contributed by atoms with Gasteiger partial charge in [-0.1, -0.05) is 12.1 Å². The molecule has 1 N–H and O–H groups in total. The Hall–Kier alpha value is -4.27. The maximum absolute atomic E-state index is 13.5. The van der Waals surface area contributed by atoms with Gasteiger partial charge < -0.3 is 10.0 Å². The van der Waals surface area contributed by atoms with Crippen molar-refractivity contribution in [1.82, 2.24) is 9.88 Å². The topological polar surface area (TPSA) is 70.5 Å². The van der Waals surface area contributed by atoms with Gasteiger partial charge >= 0.3 is 12.1 Å². The number of aryl methyl sites for hydroxylation is 1. The third-order valence-electron chi connectivity index (χ3n) is 6.37. The summed E-state index contributed by atoms with van der Waals surface area (Å²) in [4.78, 5) is 30.2. The minimum absolute atomic E-state index is 0.00261. The molecule has 0 unspecified atom stereocenters. The molecule has 0 fully saturated rings. The predicted molar refractivity (Wildman–Crippen MR) is 140 cm³/mol. The minimum Gasteiger partial charge on any atom is -0.481 e. The van der Waals surface area contributed by atoms with Crippen LogP contribution in [0.5, 0.6) is 0 Å². The molecule has 202 valence electrons. The number of halogens is 4. The molecule has 9 heteroatoms. The van der Waals surface area contributed by atoms with Crippen molar-refractivity contribution in [2.24, 2.45) is 0 Å². The van der Waals surface area contributed by atoms with Gasteiger partial charge in [-0.25, -0.2) is 9.37 Å². The Morgan fingerprint density at radius 1 is 0.949 bits per heavy atom. The zero-order valence-electron chi connectivity index (χ0n) is 21.1. The Morgan fingerprint density at radius 3 is 2.38 bits per heavy atom. The van der Waals surface area contributed by atoms with Crippen molar-refractivity contribution in [2.75, 3.05) is 7.05 Å². The summed E-state index contributed by atoms with van der Waals surface area (Å²) in [7, 11) is 1.52. The maximum Gasteiger partial charge on any atom is 0.416 e. The zero-order valence-corrected chi connectivity index (χ0v) is 21.1. The minimum atomic E-state index is -4.47. The number of carbonyl (C=O) groups excluding carboxylic acids is 1. The van der Waals surface area contributed by atoms with Crippen LogP contribution < -0.4 is 0 Å².